The SMILES string of the molecule is COC(=O)N[C@@H](C(=O)N[C@H](c1nc(-c2ccc3cc(-c4ccc(-c5c[nH]c([C@@H](NC(=O)[C@H](NC(=O)O)C(C)C)C(C)(C)C)n5)cc4)ccc3c2)c[nH]1)C(C)(C)C)C(C)C. The van der Waals surface area contributed by atoms with Crippen molar-refractivity contribution in [2.75, 3.05) is 7.11 Å². The molecule has 5 rings (SSSR count). The average molecular weight is 807 g/mol. The van der Waals surface area contributed by atoms with Crippen molar-refractivity contribution in [1.82, 2.24) is 41.2 Å². The fourth-order valence-electron chi connectivity index (χ4n) is 6.93. The molecular formula is C45H58N8O6. The third-order valence-corrected chi connectivity index (χ3v) is 10.3. The van der Waals surface area contributed by atoms with Crippen molar-refractivity contribution >= 4 is 34.8 Å². The van der Waals surface area contributed by atoms with Gasteiger partial charge in [-0.05, 0) is 56.7 Å². The number of benzene rings is 3. The van der Waals surface area contributed by atoms with Gasteiger partial charge in [0.1, 0.15) is 23.7 Å². The van der Waals surface area contributed by atoms with Gasteiger partial charge in [-0.15, -0.1) is 0 Å². The van der Waals surface area contributed by atoms with E-state index in [2.05, 4.69) is 73.7 Å². The Bertz CT molecular complexity index is 2280. The molecule has 0 saturated heterocycles. The Morgan fingerprint density at radius 2 is 1.00 bits per heavy atom. The minimum Gasteiger partial charge on any atom is -0.465 e. The van der Waals surface area contributed by atoms with E-state index in [9.17, 15) is 24.3 Å². The van der Waals surface area contributed by atoms with Gasteiger partial charge in [0.05, 0.1) is 30.6 Å². The summed E-state index contributed by atoms with van der Waals surface area (Å²) >= 11 is 0. The fraction of sp³-hybridized carbons (Fsp3) is 0.422. The number of nitrogens with zero attached hydrogens (tertiary/aromatic N) is 2. The van der Waals surface area contributed by atoms with E-state index in [0.717, 1.165) is 44.4 Å². The first-order valence-corrected chi connectivity index (χ1v) is 19.9. The number of methoxy groups -OCH3 is 1. The van der Waals surface area contributed by atoms with E-state index in [-0.39, 0.29) is 17.7 Å². The zero-order chi connectivity index (χ0) is 43.4. The normalized spacial score (nSPS) is 14.1. The van der Waals surface area contributed by atoms with Crippen molar-refractivity contribution in [3.8, 4) is 33.6 Å². The Hall–Kier alpha value is -6.18. The molecule has 0 fully saturated rings. The van der Waals surface area contributed by atoms with Gasteiger partial charge < -0.3 is 41.1 Å². The van der Waals surface area contributed by atoms with Crippen LogP contribution in [0.5, 0.6) is 0 Å². The summed E-state index contributed by atoms with van der Waals surface area (Å²) in [4.78, 5) is 66.2. The monoisotopic (exact) mass is 806 g/mol. The maximum Gasteiger partial charge on any atom is 0.407 e. The molecule has 0 spiro atoms. The van der Waals surface area contributed by atoms with Crippen LogP contribution in [-0.4, -0.2) is 68.2 Å². The zero-order valence-electron chi connectivity index (χ0n) is 35.8. The summed E-state index contributed by atoms with van der Waals surface area (Å²) in [6.07, 6.45) is 1.73. The lowest BCUT2D eigenvalue weighted by Crippen LogP contribution is -2.52. The smallest absolute Gasteiger partial charge is 0.407 e. The van der Waals surface area contributed by atoms with Crippen LogP contribution in [0.15, 0.2) is 73.1 Å². The molecule has 0 aliphatic heterocycles. The third-order valence-electron chi connectivity index (χ3n) is 10.3. The molecule has 0 unspecified atom stereocenters. The first-order chi connectivity index (χ1) is 27.7. The molecule has 2 heterocycles. The van der Waals surface area contributed by atoms with Gasteiger partial charge in [-0.2, -0.15) is 0 Å². The molecule has 2 aromatic heterocycles. The molecule has 14 nitrogen and oxygen atoms in total. The van der Waals surface area contributed by atoms with Crippen LogP contribution in [0.25, 0.3) is 44.4 Å². The number of carbonyl (C=O) groups is 4. The summed E-state index contributed by atoms with van der Waals surface area (Å²) in [6.45, 7) is 19.3. The summed E-state index contributed by atoms with van der Waals surface area (Å²) in [6, 6.07) is 18.0. The standard InChI is InChI=1S/C45H58N8O6/c1-24(2)34(50-42(56)57)40(54)52-36(44(5,6)7)38-46-22-32(48-38)27-14-12-26(13-15-27)28-16-17-30-21-31(19-18-29(30)20-28)33-23-47-39(49-33)37(45(8,9)10)53-41(55)35(25(3)4)51-43(58)59-11/h12-25,34-37,50H,1-11H3,(H,46,48)(H,47,49)(H,51,58)(H,52,54)(H,53,55)(H,56,57)/t34-,35-,36-,37-/m1/s1. The number of ether oxygens (including phenoxy) is 1. The maximum absolute atomic E-state index is 13.4. The third kappa shape index (κ3) is 10.7. The topological polar surface area (TPSA) is 203 Å². The first-order valence-electron chi connectivity index (χ1n) is 19.9. The number of imidazole rings is 2. The molecule has 0 aliphatic rings. The number of aromatic nitrogens is 4. The Kier molecular flexibility index (Phi) is 13.2. The Morgan fingerprint density at radius 1 is 0.593 bits per heavy atom. The molecule has 0 aliphatic carbocycles. The molecule has 59 heavy (non-hydrogen) atoms. The van der Waals surface area contributed by atoms with E-state index in [1.165, 1.54) is 7.11 Å². The quantitative estimate of drug-likeness (QED) is 0.0615. The summed E-state index contributed by atoms with van der Waals surface area (Å²) in [5.74, 6) is 0.0453. The molecular weight excluding hydrogens is 749 g/mol. The predicted molar refractivity (Wildman–Crippen MR) is 229 cm³/mol. The van der Waals surface area contributed by atoms with Gasteiger partial charge in [-0.25, -0.2) is 19.6 Å². The van der Waals surface area contributed by atoms with Gasteiger partial charge in [0, 0.05) is 23.5 Å². The second-order valence-electron chi connectivity index (χ2n) is 17.8. The van der Waals surface area contributed by atoms with Gasteiger partial charge >= 0.3 is 12.2 Å². The van der Waals surface area contributed by atoms with Crippen LogP contribution in [0.3, 0.4) is 0 Å². The molecule has 5 aromatic rings. The lowest BCUT2D eigenvalue weighted by atomic mass is 9.85. The van der Waals surface area contributed by atoms with Crippen LogP contribution in [0, 0.1) is 22.7 Å². The van der Waals surface area contributed by atoms with E-state index in [1.807, 2.05) is 86.0 Å². The van der Waals surface area contributed by atoms with Crippen molar-refractivity contribution < 1.29 is 29.0 Å². The number of hydrogen-bond donors (Lipinski definition) is 7. The number of carbonyl (C=O) groups excluding carboxylic acids is 3. The van der Waals surface area contributed by atoms with E-state index >= 15 is 0 Å². The number of amides is 4. The largest absolute Gasteiger partial charge is 0.465 e. The van der Waals surface area contributed by atoms with Gasteiger partial charge in [-0.1, -0.05) is 118 Å². The second kappa shape index (κ2) is 17.8. The predicted octanol–water partition coefficient (Wildman–Crippen LogP) is 8.37. The maximum atomic E-state index is 13.4. The number of rotatable bonds is 13. The van der Waals surface area contributed by atoms with Crippen molar-refractivity contribution in [1.29, 1.82) is 0 Å². The van der Waals surface area contributed by atoms with Crippen LogP contribution in [-0.2, 0) is 14.3 Å². The lowest BCUT2D eigenvalue weighted by molar-refractivity contribution is -0.126. The highest BCUT2D eigenvalue weighted by atomic mass is 16.5. The molecule has 0 saturated carbocycles. The molecule has 4 amide bonds. The van der Waals surface area contributed by atoms with Crippen molar-refractivity contribution in [3.05, 3.63) is 84.7 Å². The number of H-pyrrole nitrogens is 2. The van der Waals surface area contributed by atoms with Crippen molar-refractivity contribution in [2.45, 2.75) is 93.4 Å². The minimum atomic E-state index is -1.25. The van der Waals surface area contributed by atoms with E-state index in [1.54, 1.807) is 13.8 Å². The second-order valence-corrected chi connectivity index (χ2v) is 17.8. The van der Waals surface area contributed by atoms with E-state index in [4.69, 9.17) is 14.7 Å². The molecule has 7 N–H and O–H groups in total. The average Bonchev–Trinajstić information content (AvgIpc) is 3.86. The number of alkyl carbamates (subject to hydrolysis) is 1. The van der Waals surface area contributed by atoms with Crippen molar-refractivity contribution in [2.24, 2.45) is 22.7 Å². The van der Waals surface area contributed by atoms with E-state index < -0.39 is 53.1 Å². The van der Waals surface area contributed by atoms with Crippen LogP contribution < -0.4 is 21.3 Å². The zero-order valence-corrected chi connectivity index (χ0v) is 35.8. The molecule has 0 bridgehead atoms. The molecule has 0 radical (unpaired) electrons. The first kappa shape index (κ1) is 43.9. The minimum absolute atomic E-state index is 0.165. The summed E-state index contributed by atoms with van der Waals surface area (Å²) in [5.41, 5.74) is 4.56. The summed E-state index contributed by atoms with van der Waals surface area (Å²) in [7, 11) is 1.27. The van der Waals surface area contributed by atoms with Gasteiger partial charge in [-0.3, -0.25) is 9.59 Å². The van der Waals surface area contributed by atoms with Gasteiger partial charge in [0.25, 0.3) is 0 Å². The highest BCUT2D eigenvalue weighted by Crippen LogP contribution is 2.35. The number of aromatic amines is 2. The van der Waals surface area contributed by atoms with Crippen LogP contribution >= 0.6 is 0 Å². The number of hydrogen-bond acceptors (Lipinski definition) is 7. The van der Waals surface area contributed by atoms with Crippen molar-refractivity contribution in [3.63, 3.8) is 0 Å². The fourth-order valence-corrected chi connectivity index (χ4v) is 6.93. The van der Waals surface area contributed by atoms with Crippen LogP contribution in [0.4, 0.5) is 9.59 Å². The lowest BCUT2D eigenvalue weighted by Gasteiger charge is -2.32. The van der Waals surface area contributed by atoms with Gasteiger partial charge in [0.2, 0.25) is 11.8 Å². The molecule has 14 heteroatoms. The Balaban J connectivity index is 1.32. The summed E-state index contributed by atoms with van der Waals surface area (Å²) in [5, 5.41) is 22.5. The Morgan fingerprint density at radius 3 is 1.44 bits per heavy atom. The number of carboxylic acid groups (broad SMARTS) is 1. The molecule has 3 aromatic carbocycles. The summed E-state index contributed by atoms with van der Waals surface area (Å²) < 4.78 is 4.74. The number of nitrogens with one attached hydrogen (secondary N) is 6. The molecule has 4 atom stereocenters. The highest BCUT2D eigenvalue weighted by molar-refractivity contribution is 5.91. The van der Waals surface area contributed by atoms with Crippen LogP contribution in [0.2, 0.25) is 0 Å². The van der Waals surface area contributed by atoms with E-state index in [0.29, 0.717) is 11.6 Å². The Labute approximate surface area is 345 Å². The highest BCUT2D eigenvalue weighted by Gasteiger charge is 2.35. The van der Waals surface area contributed by atoms with Gasteiger partial charge in [0.15, 0.2) is 0 Å². The number of fused-ring (bicyclic) bond motifs is 1. The van der Waals surface area contributed by atoms with Crippen LogP contribution in [0.1, 0.15) is 93.0 Å². The molecule has 314 valence electrons.